The molecule has 0 unspecified atom stereocenters. The van der Waals surface area contributed by atoms with Crippen LogP contribution in [-0.2, 0) is 4.79 Å². The van der Waals surface area contributed by atoms with Crippen LogP contribution in [0.25, 0.3) is 0 Å². The summed E-state index contributed by atoms with van der Waals surface area (Å²) in [5.74, 6) is 0.301. The van der Waals surface area contributed by atoms with Crippen molar-refractivity contribution >= 4 is 40.4 Å². The molecule has 0 fully saturated rings. The largest absolute Gasteiger partial charge is 0.482 e. The first-order valence-electron chi connectivity index (χ1n) is 6.21. The van der Waals surface area contributed by atoms with Crippen LogP contribution in [0.4, 0.5) is 0 Å². The summed E-state index contributed by atoms with van der Waals surface area (Å²) in [7, 11) is 1.74. The Kier molecular flexibility index (Phi) is 5.45. The smallest absolute Gasteiger partial charge is 0.260 e. The lowest BCUT2D eigenvalue weighted by Gasteiger charge is -2.23. The van der Waals surface area contributed by atoms with Crippen molar-refractivity contribution in [2.45, 2.75) is 13.0 Å². The Morgan fingerprint density at radius 2 is 2.24 bits per heavy atom. The molecular weight excluding hydrogens is 331 g/mol. The van der Waals surface area contributed by atoms with Crippen molar-refractivity contribution in [1.29, 1.82) is 0 Å². The van der Waals surface area contributed by atoms with Crippen molar-refractivity contribution in [3.8, 4) is 5.75 Å². The molecule has 0 aliphatic rings. The van der Waals surface area contributed by atoms with Crippen LogP contribution in [0.1, 0.15) is 17.8 Å². The van der Waals surface area contributed by atoms with E-state index in [1.165, 1.54) is 11.3 Å². The fourth-order valence-corrected chi connectivity index (χ4v) is 2.86. The number of carbonyl (C=O) groups is 1. The van der Waals surface area contributed by atoms with Gasteiger partial charge in [0.05, 0.1) is 16.6 Å². The summed E-state index contributed by atoms with van der Waals surface area (Å²) < 4.78 is 5.45. The number of hydrogen-bond donors (Lipinski definition) is 0. The van der Waals surface area contributed by atoms with Gasteiger partial charge < -0.3 is 9.64 Å². The van der Waals surface area contributed by atoms with E-state index in [2.05, 4.69) is 4.98 Å². The molecular formula is C14H14Cl2N2O2S. The number of ether oxygens (including phenoxy) is 1. The molecule has 1 aromatic carbocycles. The Balaban J connectivity index is 1.95. The third-order valence-corrected chi connectivity index (χ3v) is 4.56. The summed E-state index contributed by atoms with van der Waals surface area (Å²) in [6.07, 6.45) is 1.76. The molecule has 4 nitrogen and oxygen atoms in total. The van der Waals surface area contributed by atoms with Crippen LogP contribution >= 0.6 is 34.5 Å². The normalized spacial score (nSPS) is 12.0. The second-order valence-electron chi connectivity index (χ2n) is 4.45. The van der Waals surface area contributed by atoms with Crippen LogP contribution in [0.2, 0.25) is 10.0 Å². The number of benzene rings is 1. The Labute approximate surface area is 137 Å². The molecule has 2 rings (SSSR count). The highest BCUT2D eigenvalue weighted by atomic mass is 35.5. The third-order valence-electron chi connectivity index (χ3n) is 3.08. The summed E-state index contributed by atoms with van der Waals surface area (Å²) >= 11 is 13.3. The Bertz CT molecular complexity index is 619. The number of halogens is 2. The number of thiazole rings is 1. The number of likely N-dealkylation sites (N-methyl/N-ethyl adjacent to an activating group) is 1. The first kappa shape index (κ1) is 16.1. The third kappa shape index (κ3) is 4.09. The molecule has 0 aliphatic heterocycles. The maximum absolute atomic E-state index is 12.1. The lowest BCUT2D eigenvalue weighted by Crippen LogP contribution is -2.33. The Morgan fingerprint density at radius 3 is 2.86 bits per heavy atom. The molecule has 0 N–H and O–H groups in total. The molecule has 7 heteroatoms. The summed E-state index contributed by atoms with van der Waals surface area (Å²) in [4.78, 5) is 18.8. The van der Waals surface area contributed by atoms with Crippen LogP contribution in [0.15, 0.2) is 29.9 Å². The van der Waals surface area contributed by atoms with Gasteiger partial charge in [-0.15, -0.1) is 11.3 Å². The standard InChI is InChI=1S/C14H14Cl2N2O2S/c1-9(13-6-17-8-21-13)18(2)14(19)7-20-12-4-3-10(15)5-11(12)16/h3-6,8-9H,7H2,1-2H3/t9-/m0/s1. The van der Waals surface area contributed by atoms with Crippen LogP contribution in [-0.4, -0.2) is 29.4 Å². The van der Waals surface area contributed by atoms with Gasteiger partial charge in [-0.2, -0.15) is 0 Å². The van der Waals surface area contributed by atoms with Gasteiger partial charge in [-0.1, -0.05) is 23.2 Å². The van der Waals surface area contributed by atoms with E-state index in [4.69, 9.17) is 27.9 Å². The highest BCUT2D eigenvalue weighted by Crippen LogP contribution is 2.28. The zero-order valence-corrected chi connectivity index (χ0v) is 13.9. The summed E-state index contributed by atoms with van der Waals surface area (Å²) in [6, 6.07) is 4.84. The topological polar surface area (TPSA) is 42.4 Å². The van der Waals surface area contributed by atoms with Gasteiger partial charge >= 0.3 is 0 Å². The predicted molar refractivity (Wildman–Crippen MR) is 85.3 cm³/mol. The number of amides is 1. The average molecular weight is 345 g/mol. The van der Waals surface area contributed by atoms with E-state index in [9.17, 15) is 4.79 Å². The fourth-order valence-electron chi connectivity index (χ4n) is 1.67. The molecule has 1 aromatic heterocycles. The summed E-state index contributed by atoms with van der Waals surface area (Å²) in [6.45, 7) is 1.86. The molecule has 0 saturated carbocycles. The van der Waals surface area contributed by atoms with Gasteiger partial charge in [-0.25, -0.2) is 0 Å². The van der Waals surface area contributed by atoms with E-state index in [0.29, 0.717) is 15.8 Å². The minimum absolute atomic E-state index is 0.0470. The second-order valence-corrected chi connectivity index (χ2v) is 6.21. The van der Waals surface area contributed by atoms with Crippen molar-refractivity contribution in [2.75, 3.05) is 13.7 Å². The SMILES string of the molecule is C[C@@H](c1cncs1)N(C)C(=O)COc1ccc(Cl)cc1Cl. The second kappa shape index (κ2) is 7.11. The van der Waals surface area contributed by atoms with E-state index in [1.807, 2.05) is 6.92 Å². The summed E-state index contributed by atoms with van der Waals surface area (Å²) in [5.41, 5.74) is 1.74. The Hall–Kier alpha value is -1.30. The van der Waals surface area contributed by atoms with Gasteiger partial charge in [0.15, 0.2) is 6.61 Å². The van der Waals surface area contributed by atoms with Gasteiger partial charge in [0.25, 0.3) is 5.91 Å². The average Bonchev–Trinajstić information content (AvgIpc) is 2.98. The predicted octanol–water partition coefficient (Wildman–Crippen LogP) is 4.05. The van der Waals surface area contributed by atoms with Crippen LogP contribution in [0.5, 0.6) is 5.75 Å². The lowest BCUT2D eigenvalue weighted by atomic mass is 10.2. The molecule has 1 heterocycles. The van der Waals surface area contributed by atoms with Gasteiger partial charge in [-0.05, 0) is 25.1 Å². The minimum Gasteiger partial charge on any atom is -0.482 e. The number of aromatic nitrogens is 1. The van der Waals surface area contributed by atoms with Gasteiger partial charge in [-0.3, -0.25) is 9.78 Å². The van der Waals surface area contributed by atoms with Crippen molar-refractivity contribution in [3.63, 3.8) is 0 Å². The van der Waals surface area contributed by atoms with Crippen LogP contribution in [0, 0.1) is 0 Å². The van der Waals surface area contributed by atoms with E-state index in [0.717, 1.165) is 4.88 Å². The number of rotatable bonds is 5. The lowest BCUT2D eigenvalue weighted by molar-refractivity contribution is -0.133. The first-order chi connectivity index (χ1) is 9.99. The highest BCUT2D eigenvalue weighted by Gasteiger charge is 2.19. The maximum atomic E-state index is 12.1. The molecule has 112 valence electrons. The van der Waals surface area contributed by atoms with Crippen molar-refractivity contribution in [3.05, 3.63) is 44.8 Å². The molecule has 0 spiro atoms. The van der Waals surface area contributed by atoms with E-state index < -0.39 is 0 Å². The van der Waals surface area contributed by atoms with Crippen molar-refractivity contribution in [2.24, 2.45) is 0 Å². The van der Waals surface area contributed by atoms with E-state index in [-0.39, 0.29) is 18.6 Å². The van der Waals surface area contributed by atoms with Crippen LogP contribution in [0.3, 0.4) is 0 Å². The van der Waals surface area contributed by atoms with E-state index in [1.54, 1.807) is 41.9 Å². The number of carbonyl (C=O) groups excluding carboxylic acids is 1. The first-order valence-corrected chi connectivity index (χ1v) is 7.84. The molecule has 0 radical (unpaired) electrons. The molecule has 1 atom stereocenters. The van der Waals surface area contributed by atoms with Crippen molar-refractivity contribution in [1.82, 2.24) is 9.88 Å². The molecule has 0 aliphatic carbocycles. The van der Waals surface area contributed by atoms with Crippen LogP contribution < -0.4 is 4.74 Å². The highest BCUT2D eigenvalue weighted by molar-refractivity contribution is 7.09. The monoisotopic (exact) mass is 344 g/mol. The number of nitrogens with zero attached hydrogens (tertiary/aromatic N) is 2. The Morgan fingerprint density at radius 1 is 1.48 bits per heavy atom. The molecule has 1 amide bonds. The van der Waals surface area contributed by atoms with Gasteiger partial charge in [0.1, 0.15) is 5.75 Å². The van der Waals surface area contributed by atoms with Gasteiger partial charge in [0, 0.05) is 23.1 Å². The summed E-state index contributed by atoms with van der Waals surface area (Å²) in [5, 5.41) is 0.906. The zero-order valence-electron chi connectivity index (χ0n) is 11.5. The molecule has 2 aromatic rings. The van der Waals surface area contributed by atoms with Crippen molar-refractivity contribution < 1.29 is 9.53 Å². The number of hydrogen-bond acceptors (Lipinski definition) is 4. The molecule has 21 heavy (non-hydrogen) atoms. The van der Waals surface area contributed by atoms with E-state index >= 15 is 0 Å². The molecule has 0 saturated heterocycles. The van der Waals surface area contributed by atoms with Gasteiger partial charge in [0.2, 0.25) is 0 Å². The maximum Gasteiger partial charge on any atom is 0.260 e. The minimum atomic E-state index is -0.137. The zero-order chi connectivity index (χ0) is 15.4. The quantitative estimate of drug-likeness (QED) is 0.821. The fraction of sp³-hybridized carbons (Fsp3) is 0.286. The molecule has 0 bridgehead atoms.